The molecule has 1 saturated heterocycles. The van der Waals surface area contributed by atoms with Crippen LogP contribution in [0.15, 0.2) is 18.2 Å². The minimum atomic E-state index is 0.0212. The van der Waals surface area contributed by atoms with Gasteiger partial charge in [0.25, 0.3) is 0 Å². The van der Waals surface area contributed by atoms with Crippen LogP contribution in [0.1, 0.15) is 30.5 Å². The van der Waals surface area contributed by atoms with Gasteiger partial charge in [-0.25, -0.2) is 0 Å². The van der Waals surface area contributed by atoms with E-state index in [1.54, 1.807) is 7.11 Å². The van der Waals surface area contributed by atoms with Crippen molar-refractivity contribution in [1.82, 2.24) is 0 Å². The number of hydrogen-bond acceptors (Lipinski definition) is 4. The molecule has 0 aromatic heterocycles. The largest absolute Gasteiger partial charge is 0.496 e. The highest BCUT2D eigenvalue weighted by Crippen LogP contribution is 2.24. The first-order valence-corrected chi connectivity index (χ1v) is 6.78. The first-order chi connectivity index (χ1) is 9.20. The molecule has 1 fully saturated rings. The van der Waals surface area contributed by atoms with Crippen molar-refractivity contribution in [2.75, 3.05) is 26.9 Å². The summed E-state index contributed by atoms with van der Waals surface area (Å²) in [6.45, 7) is 4.95. The molecule has 1 aromatic carbocycles. The van der Waals surface area contributed by atoms with Crippen molar-refractivity contribution in [2.24, 2.45) is 11.7 Å². The van der Waals surface area contributed by atoms with Gasteiger partial charge in [-0.05, 0) is 31.0 Å². The van der Waals surface area contributed by atoms with Crippen LogP contribution in [0.25, 0.3) is 0 Å². The molecular formula is C15H23NO3. The van der Waals surface area contributed by atoms with E-state index in [1.807, 2.05) is 19.1 Å². The second-order valence-corrected chi connectivity index (χ2v) is 5.10. The SMILES string of the molecule is COc1ccc(C(C)N)cc1COCC1CCOC1. The standard InChI is InChI=1S/C15H23NO3/c1-11(16)13-3-4-15(17-2)14(7-13)10-19-9-12-5-6-18-8-12/h3-4,7,11-12H,5-6,8-10,16H2,1-2H3. The highest BCUT2D eigenvalue weighted by Gasteiger charge is 2.16. The van der Waals surface area contributed by atoms with Crippen LogP contribution in [-0.4, -0.2) is 26.9 Å². The minimum Gasteiger partial charge on any atom is -0.496 e. The fraction of sp³-hybridized carbons (Fsp3) is 0.600. The average Bonchev–Trinajstić information content (AvgIpc) is 2.91. The molecule has 2 unspecified atom stereocenters. The Balaban J connectivity index is 1.94. The Kier molecular flexibility index (Phi) is 5.19. The van der Waals surface area contributed by atoms with E-state index in [0.717, 1.165) is 43.1 Å². The molecule has 2 N–H and O–H groups in total. The Morgan fingerprint density at radius 3 is 2.95 bits per heavy atom. The van der Waals surface area contributed by atoms with Gasteiger partial charge in [0.2, 0.25) is 0 Å². The second kappa shape index (κ2) is 6.89. The van der Waals surface area contributed by atoms with E-state index in [1.165, 1.54) is 0 Å². The molecule has 2 atom stereocenters. The van der Waals surface area contributed by atoms with E-state index in [2.05, 4.69) is 6.07 Å². The minimum absolute atomic E-state index is 0.0212. The molecule has 1 heterocycles. The zero-order chi connectivity index (χ0) is 13.7. The Morgan fingerprint density at radius 1 is 1.47 bits per heavy atom. The third kappa shape index (κ3) is 3.93. The summed E-state index contributed by atoms with van der Waals surface area (Å²) in [4.78, 5) is 0. The number of rotatable bonds is 6. The molecule has 0 bridgehead atoms. The summed E-state index contributed by atoms with van der Waals surface area (Å²) >= 11 is 0. The lowest BCUT2D eigenvalue weighted by atomic mass is 10.1. The number of benzene rings is 1. The highest BCUT2D eigenvalue weighted by atomic mass is 16.5. The van der Waals surface area contributed by atoms with E-state index in [4.69, 9.17) is 19.9 Å². The normalized spacial score (nSPS) is 20.5. The maximum Gasteiger partial charge on any atom is 0.124 e. The first kappa shape index (κ1) is 14.3. The van der Waals surface area contributed by atoms with Crippen molar-refractivity contribution in [2.45, 2.75) is 26.0 Å². The molecule has 0 spiro atoms. The number of methoxy groups -OCH3 is 1. The summed E-state index contributed by atoms with van der Waals surface area (Å²) in [5.41, 5.74) is 8.06. The summed E-state index contributed by atoms with van der Waals surface area (Å²) in [6.07, 6.45) is 1.09. The van der Waals surface area contributed by atoms with Crippen molar-refractivity contribution in [3.63, 3.8) is 0 Å². The topological polar surface area (TPSA) is 53.7 Å². The third-order valence-corrected chi connectivity index (χ3v) is 3.47. The molecular weight excluding hydrogens is 242 g/mol. The molecule has 1 aromatic rings. The Labute approximate surface area is 114 Å². The van der Waals surface area contributed by atoms with Crippen molar-refractivity contribution >= 4 is 0 Å². The molecule has 0 amide bonds. The van der Waals surface area contributed by atoms with E-state index >= 15 is 0 Å². The van der Waals surface area contributed by atoms with Gasteiger partial charge in [-0.1, -0.05) is 6.07 Å². The quantitative estimate of drug-likeness (QED) is 0.857. The zero-order valence-electron chi connectivity index (χ0n) is 11.7. The average molecular weight is 265 g/mol. The number of nitrogens with two attached hydrogens (primary N) is 1. The molecule has 2 rings (SSSR count). The Morgan fingerprint density at radius 2 is 2.32 bits per heavy atom. The van der Waals surface area contributed by atoms with Gasteiger partial charge < -0.3 is 19.9 Å². The van der Waals surface area contributed by atoms with E-state index < -0.39 is 0 Å². The lowest BCUT2D eigenvalue weighted by Crippen LogP contribution is -2.10. The van der Waals surface area contributed by atoms with E-state index in [0.29, 0.717) is 12.5 Å². The maximum atomic E-state index is 5.90. The zero-order valence-corrected chi connectivity index (χ0v) is 11.7. The van der Waals surface area contributed by atoms with Gasteiger partial charge in [0, 0.05) is 24.1 Å². The molecule has 4 heteroatoms. The Bertz CT molecular complexity index is 400. The van der Waals surface area contributed by atoms with E-state index in [-0.39, 0.29) is 6.04 Å². The number of hydrogen-bond donors (Lipinski definition) is 1. The summed E-state index contributed by atoms with van der Waals surface area (Å²) in [6, 6.07) is 6.04. The van der Waals surface area contributed by atoms with Gasteiger partial charge in [-0.15, -0.1) is 0 Å². The fourth-order valence-corrected chi connectivity index (χ4v) is 2.24. The van der Waals surface area contributed by atoms with Crippen LogP contribution in [0.2, 0.25) is 0 Å². The fourth-order valence-electron chi connectivity index (χ4n) is 2.24. The molecule has 106 valence electrons. The lowest BCUT2D eigenvalue weighted by Gasteiger charge is -2.14. The van der Waals surface area contributed by atoms with Crippen LogP contribution in [0.4, 0.5) is 0 Å². The van der Waals surface area contributed by atoms with Gasteiger partial charge in [-0.3, -0.25) is 0 Å². The molecule has 4 nitrogen and oxygen atoms in total. The lowest BCUT2D eigenvalue weighted by molar-refractivity contribution is 0.0779. The van der Waals surface area contributed by atoms with Gasteiger partial charge in [-0.2, -0.15) is 0 Å². The van der Waals surface area contributed by atoms with Crippen molar-refractivity contribution in [1.29, 1.82) is 0 Å². The Hall–Kier alpha value is -1.10. The van der Waals surface area contributed by atoms with Gasteiger partial charge >= 0.3 is 0 Å². The van der Waals surface area contributed by atoms with Crippen LogP contribution < -0.4 is 10.5 Å². The summed E-state index contributed by atoms with van der Waals surface area (Å²) in [7, 11) is 1.68. The van der Waals surface area contributed by atoms with Crippen LogP contribution in [-0.2, 0) is 16.1 Å². The van der Waals surface area contributed by atoms with Gasteiger partial charge in [0.1, 0.15) is 5.75 Å². The molecule has 19 heavy (non-hydrogen) atoms. The molecule has 0 aliphatic carbocycles. The summed E-state index contributed by atoms with van der Waals surface area (Å²) < 4.78 is 16.5. The molecule has 1 aliphatic heterocycles. The monoisotopic (exact) mass is 265 g/mol. The molecule has 0 saturated carbocycles. The van der Waals surface area contributed by atoms with Crippen LogP contribution in [0, 0.1) is 5.92 Å². The van der Waals surface area contributed by atoms with Crippen LogP contribution in [0.5, 0.6) is 5.75 Å². The highest BCUT2D eigenvalue weighted by molar-refractivity contribution is 5.37. The van der Waals surface area contributed by atoms with Gasteiger partial charge in [0.05, 0.1) is 26.9 Å². The molecule has 1 aliphatic rings. The smallest absolute Gasteiger partial charge is 0.124 e. The summed E-state index contributed by atoms with van der Waals surface area (Å²) in [5, 5.41) is 0. The van der Waals surface area contributed by atoms with Crippen molar-refractivity contribution in [3.05, 3.63) is 29.3 Å². The van der Waals surface area contributed by atoms with Crippen molar-refractivity contribution < 1.29 is 14.2 Å². The van der Waals surface area contributed by atoms with Crippen LogP contribution >= 0.6 is 0 Å². The number of ether oxygens (including phenoxy) is 3. The second-order valence-electron chi connectivity index (χ2n) is 5.10. The maximum absolute atomic E-state index is 5.90. The third-order valence-electron chi connectivity index (χ3n) is 3.47. The predicted octanol–water partition coefficient (Wildman–Crippen LogP) is 2.27. The summed E-state index contributed by atoms with van der Waals surface area (Å²) in [5.74, 6) is 1.38. The van der Waals surface area contributed by atoms with E-state index in [9.17, 15) is 0 Å². The van der Waals surface area contributed by atoms with Crippen LogP contribution in [0.3, 0.4) is 0 Å². The predicted molar refractivity (Wildman–Crippen MR) is 74.2 cm³/mol. The molecule has 0 radical (unpaired) electrons. The van der Waals surface area contributed by atoms with Crippen molar-refractivity contribution in [3.8, 4) is 5.75 Å². The first-order valence-electron chi connectivity index (χ1n) is 6.78. The van der Waals surface area contributed by atoms with Gasteiger partial charge in [0.15, 0.2) is 0 Å².